The van der Waals surface area contributed by atoms with E-state index in [1.807, 2.05) is 31.2 Å². The SMILES string of the molecule is Cc1ccccc1-c1nc(S(=O)(=O)c2ccc(Cl)cc2)c(NCCC[NH+]2CCOCC2)o1. The number of quaternary nitrogens is 1. The summed E-state index contributed by atoms with van der Waals surface area (Å²) in [6, 6.07) is 13.6. The summed E-state index contributed by atoms with van der Waals surface area (Å²) >= 11 is 5.94. The number of hydrogen-bond acceptors (Lipinski definition) is 6. The van der Waals surface area contributed by atoms with Crippen molar-refractivity contribution < 1.29 is 22.5 Å². The van der Waals surface area contributed by atoms with E-state index in [1.165, 1.54) is 17.0 Å². The van der Waals surface area contributed by atoms with Crippen LogP contribution in [0.2, 0.25) is 5.02 Å². The molecule has 9 heteroatoms. The molecule has 3 aromatic rings. The number of aromatic nitrogens is 1. The van der Waals surface area contributed by atoms with Crippen molar-refractivity contribution in [2.24, 2.45) is 0 Å². The number of hydrogen-bond donors (Lipinski definition) is 2. The van der Waals surface area contributed by atoms with Gasteiger partial charge in [0.05, 0.1) is 24.7 Å². The molecule has 2 N–H and O–H groups in total. The van der Waals surface area contributed by atoms with Gasteiger partial charge in [0.2, 0.25) is 26.6 Å². The second-order valence-corrected chi connectivity index (χ2v) is 10.1. The molecule has 1 aliphatic rings. The number of halogens is 1. The lowest BCUT2D eigenvalue weighted by molar-refractivity contribution is -0.908. The third-order valence-electron chi connectivity index (χ3n) is 5.54. The molecule has 0 bridgehead atoms. The Kier molecular flexibility index (Phi) is 7.15. The number of rotatable bonds is 8. The van der Waals surface area contributed by atoms with Crippen LogP contribution < -0.4 is 10.2 Å². The zero-order valence-corrected chi connectivity index (χ0v) is 19.5. The van der Waals surface area contributed by atoms with Gasteiger partial charge in [-0.3, -0.25) is 0 Å². The summed E-state index contributed by atoms with van der Waals surface area (Å²) in [7, 11) is -3.89. The largest absolute Gasteiger partial charge is 0.419 e. The molecular formula is C23H27ClN3O4S+. The number of nitrogens with zero attached hydrogens (tertiary/aromatic N) is 1. The second kappa shape index (κ2) is 10.0. The number of ether oxygens (including phenoxy) is 1. The smallest absolute Gasteiger partial charge is 0.233 e. The average Bonchev–Trinajstić information content (AvgIpc) is 3.23. The van der Waals surface area contributed by atoms with E-state index in [2.05, 4.69) is 10.3 Å². The summed E-state index contributed by atoms with van der Waals surface area (Å²) in [5, 5.41) is 3.52. The molecule has 1 saturated heterocycles. The first-order valence-electron chi connectivity index (χ1n) is 10.7. The van der Waals surface area contributed by atoms with E-state index >= 15 is 0 Å². The van der Waals surface area contributed by atoms with Gasteiger partial charge in [0.25, 0.3) is 0 Å². The van der Waals surface area contributed by atoms with E-state index in [1.54, 1.807) is 12.1 Å². The molecule has 0 aliphatic carbocycles. The first-order chi connectivity index (χ1) is 15.4. The summed E-state index contributed by atoms with van der Waals surface area (Å²) in [6.45, 7) is 7.06. The second-order valence-electron chi connectivity index (χ2n) is 7.82. The van der Waals surface area contributed by atoms with Gasteiger partial charge in [0.15, 0.2) is 0 Å². The third-order valence-corrected chi connectivity index (χ3v) is 7.47. The number of sulfone groups is 1. The molecule has 32 heavy (non-hydrogen) atoms. The normalized spacial score (nSPS) is 15.1. The molecule has 0 amide bonds. The topological polar surface area (TPSA) is 85.9 Å². The van der Waals surface area contributed by atoms with Gasteiger partial charge < -0.3 is 19.4 Å². The molecular weight excluding hydrogens is 450 g/mol. The van der Waals surface area contributed by atoms with Gasteiger partial charge in [-0.05, 0) is 42.8 Å². The van der Waals surface area contributed by atoms with Crippen LogP contribution in [0.5, 0.6) is 0 Å². The van der Waals surface area contributed by atoms with Crippen LogP contribution in [-0.2, 0) is 14.6 Å². The van der Waals surface area contributed by atoms with Crippen molar-refractivity contribution in [2.75, 3.05) is 44.7 Å². The van der Waals surface area contributed by atoms with Crippen molar-refractivity contribution in [3.05, 3.63) is 59.1 Å². The van der Waals surface area contributed by atoms with Gasteiger partial charge in [0, 0.05) is 23.6 Å². The van der Waals surface area contributed by atoms with Gasteiger partial charge in [-0.1, -0.05) is 29.8 Å². The molecule has 2 aromatic carbocycles. The number of anilines is 1. The van der Waals surface area contributed by atoms with E-state index in [0.29, 0.717) is 11.6 Å². The maximum Gasteiger partial charge on any atom is 0.233 e. The highest BCUT2D eigenvalue weighted by Crippen LogP contribution is 2.33. The minimum atomic E-state index is -3.89. The maximum absolute atomic E-state index is 13.4. The summed E-state index contributed by atoms with van der Waals surface area (Å²) in [5.74, 6) is 0.437. The van der Waals surface area contributed by atoms with Gasteiger partial charge in [-0.15, -0.1) is 0 Å². The summed E-state index contributed by atoms with van der Waals surface area (Å²) in [5.41, 5.74) is 1.71. The van der Waals surface area contributed by atoms with Crippen molar-refractivity contribution in [3.63, 3.8) is 0 Å². The number of benzene rings is 2. The first-order valence-corrected chi connectivity index (χ1v) is 12.5. The number of morpholine rings is 1. The molecule has 4 rings (SSSR count). The number of oxazole rings is 1. The van der Waals surface area contributed by atoms with Crippen LogP contribution in [0.4, 0.5) is 5.88 Å². The molecule has 1 aromatic heterocycles. The first kappa shape index (κ1) is 22.8. The molecule has 0 spiro atoms. The monoisotopic (exact) mass is 476 g/mol. The van der Waals surface area contributed by atoms with Crippen LogP contribution in [0, 0.1) is 6.92 Å². The molecule has 7 nitrogen and oxygen atoms in total. The highest BCUT2D eigenvalue weighted by molar-refractivity contribution is 7.91. The summed E-state index contributed by atoms with van der Waals surface area (Å²) in [6.07, 6.45) is 0.871. The summed E-state index contributed by atoms with van der Waals surface area (Å²) < 4.78 is 38.1. The van der Waals surface area contributed by atoms with Gasteiger partial charge in [-0.2, -0.15) is 4.98 Å². The zero-order valence-electron chi connectivity index (χ0n) is 17.9. The third kappa shape index (κ3) is 5.15. The standard InChI is InChI=1S/C23H26ClN3O4S/c1-17-5-2-3-6-20(17)21-26-23(32(28,29)19-9-7-18(24)8-10-19)22(31-21)25-11-4-12-27-13-15-30-16-14-27/h2-3,5-10,25H,4,11-16H2,1H3/p+1. The predicted octanol–water partition coefficient (Wildman–Crippen LogP) is 2.85. The highest BCUT2D eigenvalue weighted by Gasteiger charge is 2.29. The van der Waals surface area contributed by atoms with Crippen molar-refractivity contribution in [2.45, 2.75) is 23.3 Å². The fourth-order valence-electron chi connectivity index (χ4n) is 3.70. The van der Waals surface area contributed by atoms with E-state index in [4.69, 9.17) is 20.8 Å². The molecule has 0 atom stereocenters. The van der Waals surface area contributed by atoms with Gasteiger partial charge >= 0.3 is 0 Å². The molecule has 1 fully saturated rings. The minimum absolute atomic E-state index is 0.114. The lowest BCUT2D eigenvalue weighted by Gasteiger charge is -2.23. The Labute approximate surface area is 193 Å². The Bertz CT molecular complexity index is 1160. The minimum Gasteiger partial charge on any atom is -0.419 e. The van der Waals surface area contributed by atoms with Gasteiger partial charge in [0.1, 0.15) is 13.1 Å². The van der Waals surface area contributed by atoms with E-state index < -0.39 is 9.84 Å². The van der Waals surface area contributed by atoms with Crippen LogP contribution in [-0.4, -0.2) is 52.8 Å². The maximum atomic E-state index is 13.4. The molecule has 0 unspecified atom stereocenters. The fraction of sp³-hybridized carbons (Fsp3) is 0.348. The summed E-state index contributed by atoms with van der Waals surface area (Å²) in [4.78, 5) is 6.02. The van der Waals surface area contributed by atoms with Crippen LogP contribution in [0.25, 0.3) is 11.5 Å². The van der Waals surface area contributed by atoms with Crippen LogP contribution >= 0.6 is 11.6 Å². The van der Waals surface area contributed by atoms with Crippen LogP contribution in [0.3, 0.4) is 0 Å². The quantitative estimate of drug-likeness (QED) is 0.486. The van der Waals surface area contributed by atoms with Crippen LogP contribution in [0.1, 0.15) is 12.0 Å². The van der Waals surface area contributed by atoms with Crippen molar-refractivity contribution in [1.29, 1.82) is 0 Å². The fourth-order valence-corrected chi connectivity index (χ4v) is 5.11. The Morgan fingerprint density at radius 2 is 1.81 bits per heavy atom. The molecule has 170 valence electrons. The Hall–Kier alpha value is -2.39. The van der Waals surface area contributed by atoms with Crippen molar-refractivity contribution in [1.82, 2.24) is 4.98 Å². The van der Waals surface area contributed by atoms with Crippen LogP contribution in [0.15, 0.2) is 62.9 Å². The lowest BCUT2D eigenvalue weighted by Crippen LogP contribution is -3.14. The Morgan fingerprint density at radius 1 is 1.09 bits per heavy atom. The molecule has 1 aliphatic heterocycles. The number of aryl methyl sites for hydroxylation is 1. The van der Waals surface area contributed by atoms with E-state index in [0.717, 1.165) is 50.4 Å². The predicted molar refractivity (Wildman–Crippen MR) is 123 cm³/mol. The lowest BCUT2D eigenvalue weighted by atomic mass is 10.1. The zero-order chi connectivity index (χ0) is 22.6. The van der Waals surface area contributed by atoms with Crippen molar-refractivity contribution >= 4 is 27.3 Å². The van der Waals surface area contributed by atoms with Gasteiger partial charge in [-0.25, -0.2) is 8.42 Å². The molecule has 2 heterocycles. The van der Waals surface area contributed by atoms with E-state index in [-0.39, 0.29) is 21.7 Å². The Morgan fingerprint density at radius 3 is 2.53 bits per heavy atom. The van der Waals surface area contributed by atoms with E-state index in [9.17, 15) is 8.42 Å². The number of nitrogens with one attached hydrogen (secondary N) is 2. The molecule has 0 saturated carbocycles. The Balaban J connectivity index is 1.60. The highest BCUT2D eigenvalue weighted by atomic mass is 35.5. The van der Waals surface area contributed by atoms with Crippen molar-refractivity contribution in [3.8, 4) is 11.5 Å². The molecule has 0 radical (unpaired) electrons. The average molecular weight is 477 g/mol.